The fourth-order valence-electron chi connectivity index (χ4n) is 3.15. The Morgan fingerprint density at radius 2 is 2.15 bits per heavy atom. The molecule has 20 heavy (non-hydrogen) atoms. The largest absolute Gasteiger partial charge is 0.393 e. The summed E-state index contributed by atoms with van der Waals surface area (Å²) < 4.78 is 13.5. The first kappa shape index (κ1) is 13.5. The van der Waals surface area contributed by atoms with E-state index in [0.717, 1.165) is 24.8 Å². The van der Waals surface area contributed by atoms with Gasteiger partial charge in [-0.25, -0.2) is 4.39 Å². The quantitative estimate of drug-likeness (QED) is 0.776. The van der Waals surface area contributed by atoms with Crippen molar-refractivity contribution in [3.8, 4) is 0 Å². The Hall–Kier alpha value is -1.46. The Kier molecular flexibility index (Phi) is 3.72. The molecule has 3 rings (SSSR count). The maximum Gasteiger partial charge on any atom is 0.224 e. The van der Waals surface area contributed by atoms with Gasteiger partial charge in [0.1, 0.15) is 5.82 Å². The summed E-state index contributed by atoms with van der Waals surface area (Å²) in [6, 6.07) is 4.66. The maximum absolute atomic E-state index is 13.5. The zero-order chi connectivity index (χ0) is 14.1. The number of amides is 1. The van der Waals surface area contributed by atoms with Crippen LogP contribution in [0.5, 0.6) is 0 Å². The normalized spacial score (nSPS) is 29.7. The molecule has 1 aromatic carbocycles. The number of aliphatic hydroxyl groups excluding tert-OH is 1. The molecule has 1 heterocycles. The van der Waals surface area contributed by atoms with Crippen molar-refractivity contribution in [3.63, 3.8) is 0 Å². The molecule has 3 N–H and O–H groups in total. The lowest BCUT2D eigenvalue weighted by molar-refractivity contribution is -0.116. The molecular weight excluding hydrogens is 259 g/mol. The van der Waals surface area contributed by atoms with E-state index in [-0.39, 0.29) is 29.9 Å². The summed E-state index contributed by atoms with van der Waals surface area (Å²) in [4.78, 5) is 11.7. The summed E-state index contributed by atoms with van der Waals surface area (Å²) in [5.41, 5.74) is 1.49. The van der Waals surface area contributed by atoms with Crippen LogP contribution in [0.15, 0.2) is 18.2 Å². The van der Waals surface area contributed by atoms with Gasteiger partial charge < -0.3 is 15.7 Å². The number of rotatable bonds is 2. The molecule has 0 radical (unpaired) electrons. The fraction of sp³-hybridized carbons (Fsp3) is 0.533. The highest BCUT2D eigenvalue weighted by molar-refractivity contribution is 5.92. The van der Waals surface area contributed by atoms with Gasteiger partial charge in [-0.2, -0.15) is 0 Å². The zero-order valence-electron chi connectivity index (χ0n) is 11.2. The van der Waals surface area contributed by atoms with Gasteiger partial charge in [-0.3, -0.25) is 4.79 Å². The zero-order valence-corrected chi connectivity index (χ0v) is 11.2. The van der Waals surface area contributed by atoms with Crippen LogP contribution in [0.25, 0.3) is 0 Å². The molecule has 1 saturated carbocycles. The van der Waals surface area contributed by atoms with Crippen LogP contribution in [-0.2, 0) is 4.79 Å². The first-order chi connectivity index (χ1) is 9.61. The molecular formula is C15H19FN2O2. The molecule has 1 fully saturated rings. The maximum atomic E-state index is 13.5. The average molecular weight is 278 g/mol. The molecule has 0 saturated heterocycles. The van der Waals surface area contributed by atoms with Gasteiger partial charge >= 0.3 is 0 Å². The van der Waals surface area contributed by atoms with E-state index in [1.165, 1.54) is 12.1 Å². The van der Waals surface area contributed by atoms with Gasteiger partial charge in [-0.05, 0) is 49.4 Å². The van der Waals surface area contributed by atoms with Crippen LogP contribution in [-0.4, -0.2) is 23.2 Å². The first-order valence-electron chi connectivity index (χ1n) is 7.15. The van der Waals surface area contributed by atoms with Crippen LogP contribution in [0.3, 0.4) is 0 Å². The molecule has 4 nitrogen and oxygen atoms in total. The molecule has 1 unspecified atom stereocenters. The minimum absolute atomic E-state index is 0.0337. The van der Waals surface area contributed by atoms with Gasteiger partial charge in [0, 0.05) is 24.2 Å². The molecule has 1 amide bonds. The summed E-state index contributed by atoms with van der Waals surface area (Å²) in [5.74, 6) is -0.327. The summed E-state index contributed by atoms with van der Waals surface area (Å²) in [7, 11) is 0. The van der Waals surface area contributed by atoms with Crippen LogP contribution < -0.4 is 10.6 Å². The van der Waals surface area contributed by atoms with E-state index in [9.17, 15) is 14.3 Å². The minimum atomic E-state index is -0.293. The second-order valence-electron chi connectivity index (χ2n) is 5.70. The molecule has 5 heteroatoms. The Balaban J connectivity index is 1.83. The van der Waals surface area contributed by atoms with Crippen molar-refractivity contribution in [3.05, 3.63) is 29.6 Å². The predicted molar refractivity (Wildman–Crippen MR) is 73.8 cm³/mol. The van der Waals surface area contributed by atoms with E-state index in [0.29, 0.717) is 18.5 Å². The van der Waals surface area contributed by atoms with Crippen LogP contribution in [0.1, 0.15) is 43.7 Å². The molecule has 2 aliphatic rings. The number of hydrogen-bond acceptors (Lipinski definition) is 3. The van der Waals surface area contributed by atoms with E-state index in [4.69, 9.17) is 0 Å². The number of carbonyl (C=O) groups is 1. The number of halogens is 1. The lowest BCUT2D eigenvalue weighted by atomic mass is 10.00. The molecule has 1 aliphatic heterocycles. The topological polar surface area (TPSA) is 61.4 Å². The third-order valence-corrected chi connectivity index (χ3v) is 4.17. The Labute approximate surface area is 117 Å². The van der Waals surface area contributed by atoms with E-state index in [1.54, 1.807) is 6.07 Å². The Morgan fingerprint density at radius 3 is 2.90 bits per heavy atom. The molecule has 0 bridgehead atoms. The van der Waals surface area contributed by atoms with Crippen molar-refractivity contribution in [2.45, 2.75) is 50.3 Å². The number of fused-ring (bicyclic) bond motifs is 1. The standard InChI is InChI=1S/C15H19FN2O2/c16-9-1-4-14-12(7-9)13(5-6-15(20)18-14)17-10-2-3-11(19)8-10/h1,4,7,10-11,13,17,19H,2-3,5-6,8H2,(H,18,20)/t10-,11+,13?/m0/s1. The van der Waals surface area contributed by atoms with Crippen molar-refractivity contribution >= 4 is 11.6 Å². The highest BCUT2D eigenvalue weighted by atomic mass is 19.1. The van der Waals surface area contributed by atoms with Crippen molar-refractivity contribution in [1.82, 2.24) is 5.32 Å². The molecule has 0 spiro atoms. The second kappa shape index (κ2) is 5.50. The van der Waals surface area contributed by atoms with Crippen LogP contribution in [0, 0.1) is 5.82 Å². The predicted octanol–water partition coefficient (Wildman–Crippen LogP) is 2.10. The number of nitrogens with one attached hydrogen (secondary N) is 2. The van der Waals surface area contributed by atoms with Gasteiger partial charge in [-0.1, -0.05) is 0 Å². The summed E-state index contributed by atoms with van der Waals surface area (Å²) in [6.07, 6.45) is 3.27. The Bertz CT molecular complexity index is 521. The van der Waals surface area contributed by atoms with Gasteiger partial charge in [0.15, 0.2) is 0 Å². The third kappa shape index (κ3) is 2.83. The molecule has 0 aromatic heterocycles. The molecule has 1 aliphatic carbocycles. The van der Waals surface area contributed by atoms with Crippen LogP contribution in [0.2, 0.25) is 0 Å². The summed E-state index contributed by atoms with van der Waals surface area (Å²) in [6.45, 7) is 0. The highest BCUT2D eigenvalue weighted by Crippen LogP contribution is 2.32. The Morgan fingerprint density at radius 1 is 1.30 bits per heavy atom. The van der Waals surface area contributed by atoms with E-state index < -0.39 is 0 Å². The van der Waals surface area contributed by atoms with E-state index >= 15 is 0 Å². The smallest absolute Gasteiger partial charge is 0.224 e. The number of aliphatic hydroxyl groups is 1. The number of anilines is 1. The average Bonchev–Trinajstić information content (AvgIpc) is 2.75. The van der Waals surface area contributed by atoms with Crippen LogP contribution >= 0.6 is 0 Å². The lowest BCUT2D eigenvalue weighted by Crippen LogP contribution is -2.31. The van der Waals surface area contributed by atoms with E-state index in [1.807, 2.05) is 0 Å². The number of carbonyl (C=O) groups excluding carboxylic acids is 1. The second-order valence-corrected chi connectivity index (χ2v) is 5.70. The van der Waals surface area contributed by atoms with Crippen molar-refractivity contribution in [2.75, 3.05) is 5.32 Å². The van der Waals surface area contributed by atoms with Gasteiger partial charge in [0.2, 0.25) is 5.91 Å². The van der Waals surface area contributed by atoms with Crippen LogP contribution in [0.4, 0.5) is 10.1 Å². The first-order valence-corrected chi connectivity index (χ1v) is 7.15. The lowest BCUT2D eigenvalue weighted by Gasteiger charge is -2.23. The highest BCUT2D eigenvalue weighted by Gasteiger charge is 2.28. The summed E-state index contributed by atoms with van der Waals surface area (Å²) in [5, 5.41) is 15.9. The fourth-order valence-corrected chi connectivity index (χ4v) is 3.15. The number of benzene rings is 1. The minimum Gasteiger partial charge on any atom is -0.393 e. The van der Waals surface area contributed by atoms with Crippen molar-refractivity contribution in [1.29, 1.82) is 0 Å². The van der Waals surface area contributed by atoms with Gasteiger partial charge in [0.25, 0.3) is 0 Å². The van der Waals surface area contributed by atoms with Crippen molar-refractivity contribution in [2.24, 2.45) is 0 Å². The van der Waals surface area contributed by atoms with Gasteiger partial charge in [-0.15, -0.1) is 0 Å². The SMILES string of the molecule is O=C1CCC(N[C@H]2CC[C@@H](O)C2)c2cc(F)ccc2N1. The molecule has 108 valence electrons. The number of hydrogen-bond donors (Lipinski definition) is 3. The monoisotopic (exact) mass is 278 g/mol. The summed E-state index contributed by atoms with van der Waals surface area (Å²) >= 11 is 0. The molecule has 3 atom stereocenters. The van der Waals surface area contributed by atoms with E-state index in [2.05, 4.69) is 10.6 Å². The molecule has 1 aromatic rings. The van der Waals surface area contributed by atoms with Crippen molar-refractivity contribution < 1.29 is 14.3 Å². The van der Waals surface area contributed by atoms with Gasteiger partial charge in [0.05, 0.1) is 6.10 Å². The third-order valence-electron chi connectivity index (χ3n) is 4.17.